The number of ether oxygens (including phenoxy) is 2. The maximum Gasteiger partial charge on any atom is 0.263 e. The van der Waals surface area contributed by atoms with Gasteiger partial charge in [-0.3, -0.25) is 4.79 Å². The van der Waals surface area contributed by atoms with Crippen LogP contribution < -0.4 is 9.47 Å². The van der Waals surface area contributed by atoms with Crippen molar-refractivity contribution >= 4 is 5.91 Å². The quantitative estimate of drug-likeness (QED) is 0.576. The van der Waals surface area contributed by atoms with Gasteiger partial charge >= 0.3 is 0 Å². The summed E-state index contributed by atoms with van der Waals surface area (Å²) in [5.41, 5.74) is 1.89. The van der Waals surface area contributed by atoms with Crippen molar-refractivity contribution in [1.29, 1.82) is 0 Å². The molecular weight excluding hydrogens is 370 g/mol. The first-order valence-electron chi connectivity index (χ1n) is 9.49. The van der Waals surface area contributed by atoms with Crippen LogP contribution in [-0.2, 0) is 11.3 Å². The van der Waals surface area contributed by atoms with Gasteiger partial charge in [-0.2, -0.15) is 4.98 Å². The first kappa shape index (κ1) is 20.4. The second-order valence-corrected chi connectivity index (χ2v) is 6.67. The molecule has 3 rings (SSSR count). The van der Waals surface area contributed by atoms with E-state index >= 15 is 0 Å². The van der Waals surface area contributed by atoms with Crippen LogP contribution in [0.15, 0.2) is 53.1 Å². The van der Waals surface area contributed by atoms with E-state index in [1.807, 2.05) is 62.4 Å². The fourth-order valence-electron chi connectivity index (χ4n) is 2.89. The molecule has 0 aliphatic heterocycles. The molecule has 29 heavy (non-hydrogen) atoms. The molecule has 0 spiro atoms. The lowest BCUT2D eigenvalue weighted by Gasteiger charge is -2.23. The molecule has 0 bridgehead atoms. The number of amides is 1. The molecule has 0 N–H and O–H groups in total. The minimum absolute atomic E-state index is 0.141. The Kier molecular flexibility index (Phi) is 6.49. The third kappa shape index (κ3) is 5.13. The van der Waals surface area contributed by atoms with Gasteiger partial charge in [0.25, 0.3) is 5.91 Å². The zero-order chi connectivity index (χ0) is 20.8. The van der Waals surface area contributed by atoms with Crippen molar-refractivity contribution in [2.45, 2.75) is 33.4 Å². The van der Waals surface area contributed by atoms with Gasteiger partial charge in [0.15, 0.2) is 6.10 Å². The Morgan fingerprint density at radius 1 is 1.17 bits per heavy atom. The van der Waals surface area contributed by atoms with Gasteiger partial charge in [0.1, 0.15) is 18.0 Å². The Morgan fingerprint density at radius 2 is 1.93 bits per heavy atom. The molecule has 0 fully saturated rings. The minimum Gasteiger partial charge on any atom is -0.497 e. The van der Waals surface area contributed by atoms with Gasteiger partial charge in [0.2, 0.25) is 11.7 Å². The third-order valence-electron chi connectivity index (χ3n) is 4.49. The van der Waals surface area contributed by atoms with Crippen molar-refractivity contribution in [2.75, 3.05) is 13.7 Å². The molecule has 1 amide bonds. The lowest BCUT2D eigenvalue weighted by atomic mass is 10.2. The Hall–Kier alpha value is -3.35. The Morgan fingerprint density at radius 3 is 2.59 bits per heavy atom. The predicted octanol–water partition coefficient (Wildman–Crippen LogP) is 3.87. The number of nitrogens with zero attached hydrogens (tertiary/aromatic N) is 3. The molecule has 1 heterocycles. The van der Waals surface area contributed by atoms with E-state index in [1.54, 1.807) is 18.9 Å². The minimum atomic E-state index is -0.624. The molecule has 0 saturated carbocycles. The molecule has 1 atom stereocenters. The molecule has 1 aromatic heterocycles. The van der Waals surface area contributed by atoms with Gasteiger partial charge in [-0.15, -0.1) is 0 Å². The van der Waals surface area contributed by atoms with Crippen LogP contribution in [0.25, 0.3) is 11.4 Å². The van der Waals surface area contributed by atoms with Crippen LogP contribution in [0.5, 0.6) is 11.5 Å². The van der Waals surface area contributed by atoms with E-state index in [0.717, 1.165) is 16.9 Å². The summed E-state index contributed by atoms with van der Waals surface area (Å²) in [7, 11) is 1.61. The van der Waals surface area contributed by atoms with Crippen molar-refractivity contribution in [2.24, 2.45) is 0 Å². The smallest absolute Gasteiger partial charge is 0.263 e. The molecule has 0 radical (unpaired) electrons. The molecule has 7 heteroatoms. The summed E-state index contributed by atoms with van der Waals surface area (Å²) in [5, 5.41) is 4.01. The second-order valence-electron chi connectivity index (χ2n) is 6.67. The summed E-state index contributed by atoms with van der Waals surface area (Å²) in [6, 6.07) is 15.0. The van der Waals surface area contributed by atoms with Crippen molar-refractivity contribution in [3.63, 3.8) is 0 Å². The van der Waals surface area contributed by atoms with Gasteiger partial charge < -0.3 is 18.9 Å². The first-order chi connectivity index (χ1) is 14.0. The van der Waals surface area contributed by atoms with E-state index in [4.69, 9.17) is 14.0 Å². The number of methoxy groups -OCH3 is 1. The van der Waals surface area contributed by atoms with E-state index in [0.29, 0.717) is 24.0 Å². The number of aromatic nitrogens is 2. The largest absolute Gasteiger partial charge is 0.497 e. The summed E-state index contributed by atoms with van der Waals surface area (Å²) in [4.78, 5) is 18.9. The predicted molar refractivity (Wildman–Crippen MR) is 109 cm³/mol. The van der Waals surface area contributed by atoms with E-state index in [-0.39, 0.29) is 12.5 Å². The van der Waals surface area contributed by atoms with Crippen molar-refractivity contribution in [1.82, 2.24) is 15.0 Å². The normalized spacial score (nSPS) is 11.7. The molecule has 0 unspecified atom stereocenters. The van der Waals surface area contributed by atoms with E-state index in [9.17, 15) is 4.79 Å². The lowest BCUT2D eigenvalue weighted by molar-refractivity contribution is -0.138. The van der Waals surface area contributed by atoms with Gasteiger partial charge in [0.05, 0.1) is 7.11 Å². The van der Waals surface area contributed by atoms with Crippen LogP contribution in [0.1, 0.15) is 25.3 Å². The summed E-state index contributed by atoms with van der Waals surface area (Å²) < 4.78 is 16.3. The third-order valence-corrected chi connectivity index (χ3v) is 4.49. The number of benzene rings is 2. The highest BCUT2D eigenvalue weighted by Crippen LogP contribution is 2.20. The molecule has 152 valence electrons. The average molecular weight is 395 g/mol. The van der Waals surface area contributed by atoms with Crippen molar-refractivity contribution in [3.05, 3.63) is 60.0 Å². The molecule has 0 saturated heterocycles. The zero-order valence-electron chi connectivity index (χ0n) is 17.1. The maximum absolute atomic E-state index is 12.8. The maximum atomic E-state index is 12.8. The monoisotopic (exact) mass is 395 g/mol. The average Bonchev–Trinajstić information content (AvgIpc) is 3.20. The fraction of sp³-hybridized carbons (Fsp3) is 0.318. The highest BCUT2D eigenvalue weighted by Gasteiger charge is 2.23. The summed E-state index contributed by atoms with van der Waals surface area (Å²) in [5.74, 6) is 2.12. The van der Waals surface area contributed by atoms with Crippen LogP contribution in [0, 0.1) is 6.92 Å². The summed E-state index contributed by atoms with van der Waals surface area (Å²) >= 11 is 0. The van der Waals surface area contributed by atoms with Gasteiger partial charge in [-0.1, -0.05) is 17.3 Å². The molecule has 7 nitrogen and oxygen atoms in total. The zero-order valence-corrected chi connectivity index (χ0v) is 17.1. The molecule has 0 aliphatic carbocycles. The Labute approximate surface area is 170 Å². The fourth-order valence-corrected chi connectivity index (χ4v) is 2.89. The highest BCUT2D eigenvalue weighted by atomic mass is 16.5. The molecule has 2 aromatic carbocycles. The Balaban J connectivity index is 1.65. The van der Waals surface area contributed by atoms with E-state index in [1.165, 1.54) is 0 Å². The number of aryl methyl sites for hydroxylation is 1. The highest BCUT2D eigenvalue weighted by molar-refractivity contribution is 5.80. The summed E-state index contributed by atoms with van der Waals surface area (Å²) in [6.07, 6.45) is -0.624. The number of likely N-dealkylation sites (N-methyl/N-ethyl adjacent to an activating group) is 1. The van der Waals surface area contributed by atoms with Crippen molar-refractivity contribution < 1.29 is 18.8 Å². The summed E-state index contributed by atoms with van der Waals surface area (Å²) in [6.45, 7) is 6.34. The van der Waals surface area contributed by atoms with Crippen LogP contribution >= 0.6 is 0 Å². The number of carbonyl (C=O) groups excluding carboxylic acids is 1. The van der Waals surface area contributed by atoms with Gasteiger partial charge in [0, 0.05) is 12.1 Å². The van der Waals surface area contributed by atoms with E-state index in [2.05, 4.69) is 10.1 Å². The number of rotatable bonds is 8. The molecular formula is C22H25N3O4. The number of hydrogen-bond donors (Lipinski definition) is 0. The van der Waals surface area contributed by atoms with Gasteiger partial charge in [-0.25, -0.2) is 0 Å². The van der Waals surface area contributed by atoms with Crippen LogP contribution in [-0.4, -0.2) is 40.7 Å². The standard InChI is InChI=1S/C22H25N3O4/c1-5-25(22(26)16(3)28-19-8-6-7-15(2)13-19)14-20-23-21(24-29-20)17-9-11-18(27-4)12-10-17/h6-13,16H,5,14H2,1-4H3/t16-/m1/s1. The van der Waals surface area contributed by atoms with Gasteiger partial charge in [-0.05, 0) is 62.7 Å². The SMILES string of the molecule is CCN(Cc1nc(-c2ccc(OC)cc2)no1)C(=O)[C@@H](C)Oc1cccc(C)c1. The molecule has 0 aliphatic rings. The van der Waals surface area contributed by atoms with E-state index < -0.39 is 6.10 Å². The molecule has 3 aromatic rings. The van der Waals surface area contributed by atoms with Crippen LogP contribution in [0.4, 0.5) is 0 Å². The topological polar surface area (TPSA) is 77.7 Å². The first-order valence-corrected chi connectivity index (χ1v) is 9.49. The number of hydrogen-bond acceptors (Lipinski definition) is 6. The second kappa shape index (κ2) is 9.23. The Bertz CT molecular complexity index is 953. The van der Waals surface area contributed by atoms with Crippen LogP contribution in [0.3, 0.4) is 0 Å². The van der Waals surface area contributed by atoms with Crippen molar-refractivity contribution in [3.8, 4) is 22.9 Å². The lowest BCUT2D eigenvalue weighted by Crippen LogP contribution is -2.40. The van der Waals surface area contributed by atoms with Crippen LogP contribution in [0.2, 0.25) is 0 Å². The number of carbonyl (C=O) groups is 1.